The number of amides is 1. The average Bonchev–Trinajstić information content (AvgIpc) is 3.32. The third kappa shape index (κ3) is 4.63. The second-order valence-electron chi connectivity index (χ2n) is 7.88. The van der Waals surface area contributed by atoms with Gasteiger partial charge >= 0.3 is 0 Å². The highest BCUT2D eigenvalue weighted by Crippen LogP contribution is 2.28. The van der Waals surface area contributed by atoms with Crippen LogP contribution in [0.25, 0.3) is 6.08 Å². The molecule has 1 aliphatic rings. The van der Waals surface area contributed by atoms with Crippen LogP contribution in [0.3, 0.4) is 0 Å². The summed E-state index contributed by atoms with van der Waals surface area (Å²) in [5, 5.41) is 7.63. The fourth-order valence-electron chi connectivity index (χ4n) is 3.92. The van der Waals surface area contributed by atoms with Crippen LogP contribution in [0, 0.1) is 20.8 Å². The molecule has 4 rings (SSSR count). The van der Waals surface area contributed by atoms with Crippen molar-refractivity contribution in [3.63, 3.8) is 0 Å². The molecule has 1 amide bonds. The van der Waals surface area contributed by atoms with E-state index in [1.165, 1.54) is 0 Å². The third-order valence-corrected chi connectivity index (χ3v) is 5.65. The van der Waals surface area contributed by atoms with Gasteiger partial charge in [0, 0.05) is 55.7 Å². The van der Waals surface area contributed by atoms with Crippen molar-refractivity contribution < 1.29 is 4.79 Å². The molecule has 0 radical (unpaired) electrons. The average molecular weight is 418 g/mol. The number of likely N-dealkylation sites (tertiary alicyclic amines) is 1. The largest absolute Gasteiger partial charge is 0.338 e. The Kier molecular flexibility index (Phi) is 5.79. The lowest BCUT2D eigenvalue weighted by atomic mass is 10.0. The molecule has 0 aliphatic carbocycles. The van der Waals surface area contributed by atoms with E-state index >= 15 is 0 Å². The highest BCUT2D eigenvalue weighted by Gasteiger charge is 2.28. The molecular weight excluding hydrogens is 390 g/mol. The van der Waals surface area contributed by atoms with E-state index in [9.17, 15) is 4.79 Å². The van der Waals surface area contributed by atoms with Crippen LogP contribution in [0.15, 0.2) is 36.5 Å². The van der Waals surface area contributed by atoms with Crippen molar-refractivity contribution in [1.29, 1.82) is 0 Å². The number of nitrogens with one attached hydrogen (secondary N) is 1. The van der Waals surface area contributed by atoms with E-state index in [0.717, 1.165) is 34.9 Å². The molecule has 1 N–H and O–H groups in total. The molecule has 0 aromatic carbocycles. The number of carbonyl (C=O) groups excluding carboxylic acids is 1. The van der Waals surface area contributed by atoms with E-state index in [0.29, 0.717) is 24.7 Å². The Morgan fingerprint density at radius 2 is 2.03 bits per heavy atom. The van der Waals surface area contributed by atoms with Gasteiger partial charge in [-0.05, 0) is 45.4 Å². The maximum Gasteiger partial charge on any atom is 0.246 e. The minimum Gasteiger partial charge on any atom is -0.338 e. The molecule has 1 fully saturated rings. The first-order chi connectivity index (χ1) is 14.9. The zero-order valence-electron chi connectivity index (χ0n) is 18.3. The van der Waals surface area contributed by atoms with Gasteiger partial charge in [0.1, 0.15) is 17.5 Å². The van der Waals surface area contributed by atoms with E-state index in [-0.39, 0.29) is 11.8 Å². The quantitative estimate of drug-likeness (QED) is 0.641. The van der Waals surface area contributed by atoms with Crippen LogP contribution in [0.4, 0.5) is 11.6 Å². The maximum absolute atomic E-state index is 12.8. The standard InChI is InChI=1S/C23H27N7O/c1-15-19(16(2)29(4)28-15)8-9-23(31)30-12-10-18(14-30)20-13-22(26-17(3)25-20)27-21-7-5-6-11-24-21/h5-9,11,13,18H,10,12,14H2,1-4H3,(H,24,25,26,27). The van der Waals surface area contributed by atoms with Gasteiger partial charge in [-0.3, -0.25) is 9.48 Å². The van der Waals surface area contributed by atoms with Gasteiger partial charge in [-0.1, -0.05) is 6.07 Å². The van der Waals surface area contributed by atoms with Crippen LogP contribution in [-0.4, -0.2) is 48.6 Å². The SMILES string of the molecule is Cc1nc(Nc2ccccn2)cc(C2CCN(C(=O)C=Cc3c(C)nn(C)c3C)C2)n1. The van der Waals surface area contributed by atoms with Gasteiger partial charge in [0.15, 0.2) is 0 Å². The van der Waals surface area contributed by atoms with E-state index in [2.05, 4.69) is 25.4 Å². The zero-order chi connectivity index (χ0) is 22.0. The van der Waals surface area contributed by atoms with Crippen molar-refractivity contribution in [2.24, 2.45) is 7.05 Å². The summed E-state index contributed by atoms with van der Waals surface area (Å²) in [5.74, 6) is 2.35. The van der Waals surface area contributed by atoms with Crippen molar-refractivity contribution in [2.75, 3.05) is 18.4 Å². The van der Waals surface area contributed by atoms with Crippen LogP contribution in [0.2, 0.25) is 0 Å². The molecule has 0 saturated carbocycles. The molecule has 8 nitrogen and oxygen atoms in total. The van der Waals surface area contributed by atoms with E-state index in [4.69, 9.17) is 0 Å². The second-order valence-corrected chi connectivity index (χ2v) is 7.88. The predicted octanol–water partition coefficient (Wildman–Crippen LogP) is 3.30. The van der Waals surface area contributed by atoms with Crippen LogP contribution >= 0.6 is 0 Å². The van der Waals surface area contributed by atoms with E-state index in [1.54, 1.807) is 12.3 Å². The molecule has 3 aromatic rings. The van der Waals surface area contributed by atoms with Crippen molar-refractivity contribution >= 4 is 23.6 Å². The molecular formula is C23H27N7O. The van der Waals surface area contributed by atoms with Crippen LogP contribution in [0.1, 0.15) is 40.8 Å². The summed E-state index contributed by atoms with van der Waals surface area (Å²) in [6.07, 6.45) is 6.14. The summed E-state index contributed by atoms with van der Waals surface area (Å²) >= 11 is 0. The summed E-state index contributed by atoms with van der Waals surface area (Å²) in [6.45, 7) is 7.20. The van der Waals surface area contributed by atoms with Crippen LogP contribution < -0.4 is 5.32 Å². The normalized spacial score (nSPS) is 16.3. The Hall–Kier alpha value is -3.55. The minimum atomic E-state index is 0.0164. The minimum absolute atomic E-state index is 0.0164. The lowest BCUT2D eigenvalue weighted by Gasteiger charge is -2.15. The van der Waals surface area contributed by atoms with Crippen molar-refractivity contribution in [1.82, 2.24) is 29.6 Å². The first-order valence-electron chi connectivity index (χ1n) is 10.4. The summed E-state index contributed by atoms with van der Waals surface area (Å²) in [5.41, 5.74) is 3.92. The Morgan fingerprint density at radius 1 is 1.19 bits per heavy atom. The lowest BCUT2D eigenvalue weighted by molar-refractivity contribution is -0.124. The lowest BCUT2D eigenvalue weighted by Crippen LogP contribution is -2.26. The number of hydrogen-bond donors (Lipinski definition) is 1. The smallest absolute Gasteiger partial charge is 0.246 e. The second kappa shape index (κ2) is 8.67. The zero-order valence-corrected chi connectivity index (χ0v) is 18.3. The Balaban J connectivity index is 1.44. The van der Waals surface area contributed by atoms with Gasteiger partial charge in [0.25, 0.3) is 0 Å². The van der Waals surface area contributed by atoms with Crippen LogP contribution in [0.5, 0.6) is 0 Å². The fourth-order valence-corrected chi connectivity index (χ4v) is 3.92. The molecule has 0 spiro atoms. The Bertz CT molecular complexity index is 1120. The molecule has 1 atom stereocenters. The summed E-state index contributed by atoms with van der Waals surface area (Å²) in [6, 6.07) is 7.65. The van der Waals surface area contributed by atoms with E-state index in [1.807, 2.05) is 67.7 Å². The highest BCUT2D eigenvalue weighted by atomic mass is 16.2. The van der Waals surface area contributed by atoms with Gasteiger partial charge in [0.05, 0.1) is 11.4 Å². The number of carbonyl (C=O) groups is 1. The van der Waals surface area contributed by atoms with E-state index < -0.39 is 0 Å². The monoisotopic (exact) mass is 417 g/mol. The molecule has 3 aromatic heterocycles. The van der Waals surface area contributed by atoms with Crippen molar-refractivity contribution in [3.8, 4) is 0 Å². The number of rotatable bonds is 5. The van der Waals surface area contributed by atoms with Gasteiger partial charge in [-0.2, -0.15) is 5.10 Å². The Morgan fingerprint density at radius 3 is 2.74 bits per heavy atom. The summed E-state index contributed by atoms with van der Waals surface area (Å²) in [4.78, 5) is 28.0. The number of aryl methyl sites for hydroxylation is 3. The number of nitrogens with zero attached hydrogens (tertiary/aromatic N) is 6. The number of hydrogen-bond acceptors (Lipinski definition) is 6. The molecule has 0 bridgehead atoms. The molecule has 4 heterocycles. The van der Waals surface area contributed by atoms with Gasteiger partial charge < -0.3 is 10.2 Å². The first-order valence-corrected chi connectivity index (χ1v) is 10.4. The molecule has 1 aliphatic heterocycles. The Labute approximate surface area is 182 Å². The van der Waals surface area contributed by atoms with Gasteiger partial charge in [-0.15, -0.1) is 0 Å². The molecule has 160 valence electrons. The summed E-state index contributed by atoms with van der Waals surface area (Å²) < 4.78 is 1.83. The maximum atomic E-state index is 12.8. The van der Waals surface area contributed by atoms with Crippen molar-refractivity contribution in [2.45, 2.75) is 33.1 Å². The fraction of sp³-hybridized carbons (Fsp3) is 0.348. The molecule has 31 heavy (non-hydrogen) atoms. The number of anilines is 2. The van der Waals surface area contributed by atoms with Gasteiger partial charge in [0.2, 0.25) is 5.91 Å². The predicted molar refractivity (Wildman–Crippen MR) is 120 cm³/mol. The number of aromatic nitrogens is 5. The topological polar surface area (TPSA) is 88.8 Å². The van der Waals surface area contributed by atoms with Crippen LogP contribution in [-0.2, 0) is 11.8 Å². The third-order valence-electron chi connectivity index (χ3n) is 5.65. The van der Waals surface area contributed by atoms with Gasteiger partial charge in [-0.25, -0.2) is 15.0 Å². The highest BCUT2D eigenvalue weighted by molar-refractivity contribution is 5.92. The molecule has 1 unspecified atom stereocenters. The molecule has 1 saturated heterocycles. The number of pyridine rings is 1. The molecule has 8 heteroatoms. The first kappa shape index (κ1) is 20.7. The summed E-state index contributed by atoms with van der Waals surface area (Å²) in [7, 11) is 1.91. The van der Waals surface area contributed by atoms with Crippen molar-refractivity contribution in [3.05, 3.63) is 65.0 Å².